The number of hydrogen-bond acceptors (Lipinski definition) is 3. The van der Waals surface area contributed by atoms with Gasteiger partial charge in [-0.15, -0.1) is 0 Å². The molecule has 0 spiro atoms. The molecule has 1 aromatic carbocycles. The van der Waals surface area contributed by atoms with Crippen molar-refractivity contribution in [2.24, 2.45) is 5.73 Å². The van der Waals surface area contributed by atoms with E-state index in [1.54, 1.807) is 24.3 Å². The lowest BCUT2D eigenvalue weighted by atomic mass is 9.95. The highest BCUT2D eigenvalue weighted by Crippen LogP contribution is 2.20. The van der Waals surface area contributed by atoms with Gasteiger partial charge in [-0.1, -0.05) is 35.8 Å². The van der Waals surface area contributed by atoms with Crippen molar-refractivity contribution in [3.8, 4) is 0 Å². The first kappa shape index (κ1) is 15.6. The average molecular weight is 335 g/mol. The molecule has 0 saturated carbocycles. The number of hydrogen-bond donors (Lipinski definition) is 2. The van der Waals surface area contributed by atoms with Gasteiger partial charge in [0, 0.05) is 16.6 Å². The summed E-state index contributed by atoms with van der Waals surface area (Å²) in [6.07, 6.45) is 1.32. The van der Waals surface area contributed by atoms with E-state index in [4.69, 9.17) is 5.73 Å². The maximum absolute atomic E-state index is 12.3. The van der Waals surface area contributed by atoms with Crippen LogP contribution < -0.4 is 10.5 Å². The predicted molar refractivity (Wildman–Crippen MR) is 76.8 cm³/mol. The second kappa shape index (κ2) is 6.14. The van der Waals surface area contributed by atoms with Crippen molar-refractivity contribution < 1.29 is 8.42 Å². The number of nitrogens with one attached hydrogen (secondary N) is 1. The van der Waals surface area contributed by atoms with Crippen molar-refractivity contribution in [3.63, 3.8) is 0 Å². The van der Waals surface area contributed by atoms with Gasteiger partial charge in [0.25, 0.3) is 0 Å². The summed E-state index contributed by atoms with van der Waals surface area (Å²) in [6.45, 7) is 4.15. The number of sulfonamides is 1. The Morgan fingerprint density at radius 3 is 2.39 bits per heavy atom. The van der Waals surface area contributed by atoms with Crippen molar-refractivity contribution in [1.82, 2.24) is 4.72 Å². The van der Waals surface area contributed by atoms with Gasteiger partial charge in [0.2, 0.25) is 10.0 Å². The zero-order valence-corrected chi connectivity index (χ0v) is 13.0. The fourth-order valence-corrected chi connectivity index (χ4v) is 3.85. The van der Waals surface area contributed by atoms with Crippen LogP contribution in [-0.4, -0.2) is 20.5 Å². The fourth-order valence-electron chi connectivity index (χ4n) is 1.70. The van der Waals surface area contributed by atoms with Crippen LogP contribution >= 0.6 is 15.9 Å². The zero-order chi connectivity index (χ0) is 13.8. The Bertz CT molecular complexity index is 490. The largest absolute Gasteiger partial charge is 0.329 e. The molecule has 3 N–H and O–H groups in total. The SMILES string of the molecule is CCC(CC)(CN)NS(=O)(=O)c1cccc(Br)c1. The van der Waals surface area contributed by atoms with E-state index in [-0.39, 0.29) is 11.4 Å². The molecule has 0 atom stereocenters. The molecule has 102 valence electrons. The van der Waals surface area contributed by atoms with Gasteiger partial charge in [-0.05, 0) is 31.0 Å². The maximum atomic E-state index is 12.3. The van der Waals surface area contributed by atoms with Crippen molar-refractivity contribution in [2.45, 2.75) is 37.1 Å². The van der Waals surface area contributed by atoms with E-state index in [0.717, 1.165) is 4.47 Å². The molecule has 0 saturated heterocycles. The minimum Gasteiger partial charge on any atom is -0.329 e. The van der Waals surface area contributed by atoms with Gasteiger partial charge in [0.05, 0.1) is 4.90 Å². The number of nitrogens with two attached hydrogens (primary N) is 1. The Hall–Kier alpha value is -0.430. The van der Waals surface area contributed by atoms with Gasteiger partial charge in [-0.25, -0.2) is 13.1 Å². The zero-order valence-electron chi connectivity index (χ0n) is 10.6. The minimum absolute atomic E-state index is 0.247. The minimum atomic E-state index is -3.54. The van der Waals surface area contributed by atoms with E-state index in [1.807, 2.05) is 13.8 Å². The molecule has 1 rings (SSSR count). The molecule has 18 heavy (non-hydrogen) atoms. The quantitative estimate of drug-likeness (QED) is 0.837. The summed E-state index contributed by atoms with van der Waals surface area (Å²) in [4.78, 5) is 0.247. The third-order valence-corrected chi connectivity index (χ3v) is 5.27. The lowest BCUT2D eigenvalue weighted by molar-refractivity contribution is 0.363. The maximum Gasteiger partial charge on any atom is 0.241 e. The molecule has 1 aromatic rings. The van der Waals surface area contributed by atoms with E-state index in [1.165, 1.54) is 0 Å². The van der Waals surface area contributed by atoms with Gasteiger partial charge in [-0.3, -0.25) is 0 Å². The third-order valence-electron chi connectivity index (χ3n) is 3.20. The van der Waals surface area contributed by atoms with Crippen molar-refractivity contribution in [1.29, 1.82) is 0 Å². The molecule has 0 heterocycles. The van der Waals surface area contributed by atoms with Gasteiger partial charge < -0.3 is 5.73 Å². The van der Waals surface area contributed by atoms with Crippen LogP contribution in [0.3, 0.4) is 0 Å². The number of halogens is 1. The first-order valence-electron chi connectivity index (χ1n) is 5.89. The molecule has 4 nitrogen and oxygen atoms in total. The molecule has 6 heteroatoms. The van der Waals surface area contributed by atoms with Gasteiger partial charge in [0.1, 0.15) is 0 Å². The Morgan fingerprint density at radius 1 is 1.33 bits per heavy atom. The molecule has 0 radical (unpaired) electrons. The second-order valence-electron chi connectivity index (χ2n) is 4.25. The standard InChI is InChI=1S/C12H19BrN2O2S/c1-3-12(4-2,9-14)15-18(16,17)11-7-5-6-10(13)8-11/h5-8,15H,3-4,9,14H2,1-2H3. The molecule has 0 bridgehead atoms. The van der Waals surface area contributed by atoms with Crippen LogP contribution in [0.5, 0.6) is 0 Å². The molecule has 0 unspecified atom stereocenters. The van der Waals surface area contributed by atoms with Crippen molar-refractivity contribution in [3.05, 3.63) is 28.7 Å². The van der Waals surface area contributed by atoms with Crippen LogP contribution in [-0.2, 0) is 10.0 Å². The van der Waals surface area contributed by atoms with Crippen molar-refractivity contribution >= 4 is 26.0 Å². The van der Waals surface area contributed by atoms with Gasteiger partial charge >= 0.3 is 0 Å². The molecule has 0 amide bonds. The summed E-state index contributed by atoms with van der Waals surface area (Å²) in [5, 5.41) is 0. The lowest BCUT2D eigenvalue weighted by Gasteiger charge is -2.31. The number of benzene rings is 1. The third kappa shape index (κ3) is 3.54. The Morgan fingerprint density at radius 2 is 1.94 bits per heavy atom. The fraction of sp³-hybridized carbons (Fsp3) is 0.500. The molecule has 0 aromatic heterocycles. The molecule has 0 fully saturated rings. The molecule has 0 aliphatic rings. The second-order valence-corrected chi connectivity index (χ2v) is 6.85. The normalized spacial score (nSPS) is 12.7. The van der Waals surface area contributed by atoms with E-state index in [0.29, 0.717) is 12.8 Å². The van der Waals surface area contributed by atoms with Crippen LogP contribution in [0.4, 0.5) is 0 Å². The van der Waals surface area contributed by atoms with Crippen LogP contribution in [0.25, 0.3) is 0 Å². The van der Waals surface area contributed by atoms with Gasteiger partial charge in [-0.2, -0.15) is 0 Å². The first-order chi connectivity index (χ1) is 8.39. The first-order valence-corrected chi connectivity index (χ1v) is 8.16. The molecular weight excluding hydrogens is 316 g/mol. The van der Waals surface area contributed by atoms with E-state index >= 15 is 0 Å². The summed E-state index contributed by atoms with van der Waals surface area (Å²) in [7, 11) is -3.54. The lowest BCUT2D eigenvalue weighted by Crippen LogP contribution is -2.52. The Balaban J connectivity index is 3.08. The summed E-state index contributed by atoms with van der Waals surface area (Å²) in [5.41, 5.74) is 5.14. The van der Waals surface area contributed by atoms with E-state index in [9.17, 15) is 8.42 Å². The summed E-state index contributed by atoms with van der Waals surface area (Å²) < 4.78 is 28.0. The summed E-state index contributed by atoms with van der Waals surface area (Å²) in [5.74, 6) is 0. The van der Waals surface area contributed by atoms with Crippen LogP contribution in [0.2, 0.25) is 0 Å². The Labute approximate surface area is 117 Å². The topological polar surface area (TPSA) is 72.2 Å². The summed E-state index contributed by atoms with van der Waals surface area (Å²) in [6, 6.07) is 6.63. The molecule has 0 aliphatic heterocycles. The molecular formula is C12H19BrN2O2S. The van der Waals surface area contributed by atoms with Gasteiger partial charge in [0.15, 0.2) is 0 Å². The Kier molecular flexibility index (Phi) is 5.33. The predicted octanol–water partition coefficient (Wildman–Crippen LogP) is 2.24. The smallest absolute Gasteiger partial charge is 0.241 e. The van der Waals surface area contributed by atoms with Crippen LogP contribution in [0, 0.1) is 0 Å². The van der Waals surface area contributed by atoms with E-state index < -0.39 is 15.6 Å². The number of rotatable bonds is 6. The monoisotopic (exact) mass is 334 g/mol. The van der Waals surface area contributed by atoms with Crippen LogP contribution in [0.15, 0.2) is 33.6 Å². The molecule has 0 aliphatic carbocycles. The highest BCUT2D eigenvalue weighted by molar-refractivity contribution is 9.10. The average Bonchev–Trinajstić information content (AvgIpc) is 2.36. The highest BCUT2D eigenvalue weighted by Gasteiger charge is 2.30. The van der Waals surface area contributed by atoms with E-state index in [2.05, 4.69) is 20.7 Å². The highest BCUT2D eigenvalue weighted by atomic mass is 79.9. The van der Waals surface area contributed by atoms with Crippen LogP contribution in [0.1, 0.15) is 26.7 Å². The van der Waals surface area contributed by atoms with Crippen molar-refractivity contribution in [2.75, 3.05) is 6.54 Å². The summed E-state index contributed by atoms with van der Waals surface area (Å²) >= 11 is 3.27.